The van der Waals surface area contributed by atoms with Crippen molar-refractivity contribution in [1.82, 2.24) is 15.2 Å². The molecular weight excluding hydrogens is 252 g/mol. The van der Waals surface area contributed by atoms with Gasteiger partial charge in [-0.25, -0.2) is 0 Å². The van der Waals surface area contributed by atoms with E-state index in [1.165, 1.54) is 0 Å². The first kappa shape index (κ1) is 14.8. The molecule has 1 aromatic heterocycles. The molecule has 0 aliphatic carbocycles. The highest BCUT2D eigenvalue weighted by Crippen LogP contribution is 2.16. The van der Waals surface area contributed by atoms with Crippen LogP contribution in [-0.2, 0) is 0 Å². The van der Waals surface area contributed by atoms with Crippen LogP contribution in [0.1, 0.15) is 30.8 Å². The normalized spacial score (nSPS) is 15.8. The highest BCUT2D eigenvalue weighted by atomic mass is 16.2. The Morgan fingerprint density at radius 3 is 2.90 bits per heavy atom. The fourth-order valence-electron chi connectivity index (χ4n) is 2.51. The molecule has 0 saturated carbocycles. The highest BCUT2D eigenvalue weighted by Gasteiger charge is 2.16. The van der Waals surface area contributed by atoms with Crippen molar-refractivity contribution in [3.63, 3.8) is 0 Å². The van der Waals surface area contributed by atoms with E-state index in [4.69, 9.17) is 0 Å². The van der Waals surface area contributed by atoms with Gasteiger partial charge in [0.05, 0.1) is 0 Å². The third kappa shape index (κ3) is 3.48. The van der Waals surface area contributed by atoms with E-state index in [0.29, 0.717) is 5.69 Å². The van der Waals surface area contributed by atoms with Crippen LogP contribution in [0.15, 0.2) is 18.3 Å². The summed E-state index contributed by atoms with van der Waals surface area (Å²) >= 11 is 0. The summed E-state index contributed by atoms with van der Waals surface area (Å²) in [7, 11) is 0. The van der Waals surface area contributed by atoms with Gasteiger partial charge < -0.3 is 15.1 Å². The van der Waals surface area contributed by atoms with Crippen molar-refractivity contribution in [3.05, 3.63) is 24.0 Å². The van der Waals surface area contributed by atoms with Crippen LogP contribution >= 0.6 is 0 Å². The maximum absolute atomic E-state index is 12.3. The van der Waals surface area contributed by atoms with Crippen molar-refractivity contribution < 1.29 is 4.79 Å². The van der Waals surface area contributed by atoms with Gasteiger partial charge in [-0.1, -0.05) is 0 Å². The molecule has 5 nitrogen and oxygen atoms in total. The van der Waals surface area contributed by atoms with Gasteiger partial charge in [-0.05, 0) is 38.9 Å². The maximum atomic E-state index is 12.3. The average molecular weight is 276 g/mol. The zero-order valence-corrected chi connectivity index (χ0v) is 12.4. The molecule has 1 aliphatic heterocycles. The maximum Gasteiger partial charge on any atom is 0.272 e. The second-order valence-electron chi connectivity index (χ2n) is 4.97. The summed E-state index contributed by atoms with van der Waals surface area (Å²) < 4.78 is 0. The van der Waals surface area contributed by atoms with Crippen LogP contribution in [0.5, 0.6) is 0 Å². The minimum Gasteiger partial charge on any atom is -0.370 e. The molecule has 1 N–H and O–H groups in total. The molecule has 0 spiro atoms. The molecule has 1 amide bonds. The average Bonchev–Trinajstić information content (AvgIpc) is 2.77. The van der Waals surface area contributed by atoms with Gasteiger partial charge in [0.15, 0.2) is 0 Å². The molecule has 0 unspecified atom stereocenters. The number of anilines is 1. The van der Waals surface area contributed by atoms with E-state index in [1.54, 1.807) is 11.1 Å². The fourth-order valence-corrected chi connectivity index (χ4v) is 2.51. The number of carbonyl (C=O) groups is 1. The molecule has 1 aromatic rings. The Morgan fingerprint density at radius 2 is 2.15 bits per heavy atom. The van der Waals surface area contributed by atoms with E-state index in [1.807, 2.05) is 26.0 Å². The lowest BCUT2D eigenvalue weighted by molar-refractivity contribution is 0.0767. The lowest BCUT2D eigenvalue weighted by Gasteiger charge is -2.23. The first-order chi connectivity index (χ1) is 9.76. The molecular formula is C15H24N4O. The molecule has 20 heavy (non-hydrogen) atoms. The Bertz CT molecular complexity index is 437. The van der Waals surface area contributed by atoms with Crippen molar-refractivity contribution in [2.45, 2.75) is 20.3 Å². The quantitative estimate of drug-likeness (QED) is 0.902. The van der Waals surface area contributed by atoms with Crippen LogP contribution in [0.3, 0.4) is 0 Å². The van der Waals surface area contributed by atoms with Crippen molar-refractivity contribution in [2.75, 3.05) is 44.2 Å². The number of carbonyl (C=O) groups excluding carboxylic acids is 1. The van der Waals surface area contributed by atoms with Gasteiger partial charge >= 0.3 is 0 Å². The summed E-state index contributed by atoms with van der Waals surface area (Å²) in [4.78, 5) is 20.7. The number of hydrogen-bond donors (Lipinski definition) is 1. The van der Waals surface area contributed by atoms with E-state index >= 15 is 0 Å². The standard InChI is InChI=1S/C15H24N4O/c1-3-18(4-2)15(20)14-12-13(6-8-17-14)19-10-5-7-16-9-11-19/h6,8,12,16H,3-5,7,9-11H2,1-2H3. The van der Waals surface area contributed by atoms with Gasteiger partial charge in [0.2, 0.25) is 0 Å². The van der Waals surface area contributed by atoms with Gasteiger partial charge in [0.25, 0.3) is 5.91 Å². The van der Waals surface area contributed by atoms with Crippen molar-refractivity contribution >= 4 is 11.6 Å². The third-order valence-corrected chi connectivity index (χ3v) is 3.72. The summed E-state index contributed by atoms with van der Waals surface area (Å²) in [5.41, 5.74) is 1.64. The fraction of sp³-hybridized carbons (Fsp3) is 0.600. The lowest BCUT2D eigenvalue weighted by Crippen LogP contribution is -2.32. The molecule has 2 heterocycles. The van der Waals surface area contributed by atoms with E-state index < -0.39 is 0 Å². The van der Waals surface area contributed by atoms with Crippen LogP contribution < -0.4 is 10.2 Å². The highest BCUT2D eigenvalue weighted by molar-refractivity contribution is 5.93. The minimum atomic E-state index is 0.0183. The second kappa shape index (κ2) is 7.24. The first-order valence-electron chi connectivity index (χ1n) is 7.47. The lowest BCUT2D eigenvalue weighted by atomic mass is 10.2. The minimum absolute atomic E-state index is 0.0183. The molecule has 1 fully saturated rings. The van der Waals surface area contributed by atoms with E-state index in [0.717, 1.165) is 51.4 Å². The SMILES string of the molecule is CCN(CC)C(=O)c1cc(N2CCCNCC2)ccn1. The largest absolute Gasteiger partial charge is 0.370 e. The molecule has 1 saturated heterocycles. The number of pyridine rings is 1. The number of nitrogens with one attached hydrogen (secondary N) is 1. The van der Waals surface area contributed by atoms with Crippen LogP contribution in [-0.4, -0.2) is 55.1 Å². The number of amides is 1. The van der Waals surface area contributed by atoms with E-state index in [-0.39, 0.29) is 5.91 Å². The zero-order chi connectivity index (χ0) is 14.4. The van der Waals surface area contributed by atoms with Crippen LogP contribution in [0.4, 0.5) is 5.69 Å². The van der Waals surface area contributed by atoms with Gasteiger partial charge in [-0.15, -0.1) is 0 Å². The summed E-state index contributed by atoms with van der Waals surface area (Å²) in [6, 6.07) is 3.91. The summed E-state index contributed by atoms with van der Waals surface area (Å²) in [5.74, 6) is 0.0183. The zero-order valence-electron chi connectivity index (χ0n) is 12.4. The predicted octanol–water partition coefficient (Wildman–Crippen LogP) is 1.36. The molecule has 0 aromatic carbocycles. The van der Waals surface area contributed by atoms with Gasteiger partial charge in [0.1, 0.15) is 5.69 Å². The number of aromatic nitrogens is 1. The van der Waals surface area contributed by atoms with Crippen LogP contribution in [0.25, 0.3) is 0 Å². The molecule has 2 rings (SSSR count). The van der Waals surface area contributed by atoms with Gasteiger partial charge in [-0.3, -0.25) is 9.78 Å². The van der Waals surface area contributed by atoms with Crippen molar-refractivity contribution in [3.8, 4) is 0 Å². The Labute approximate surface area is 121 Å². The monoisotopic (exact) mass is 276 g/mol. The molecule has 1 aliphatic rings. The Balaban J connectivity index is 2.16. The molecule has 110 valence electrons. The van der Waals surface area contributed by atoms with Crippen LogP contribution in [0.2, 0.25) is 0 Å². The Hall–Kier alpha value is -1.62. The first-order valence-corrected chi connectivity index (χ1v) is 7.47. The number of hydrogen-bond acceptors (Lipinski definition) is 4. The smallest absolute Gasteiger partial charge is 0.272 e. The third-order valence-electron chi connectivity index (χ3n) is 3.72. The van der Waals surface area contributed by atoms with Gasteiger partial charge in [0, 0.05) is 44.6 Å². The summed E-state index contributed by atoms with van der Waals surface area (Å²) in [6.45, 7) is 9.47. The number of rotatable bonds is 4. The Morgan fingerprint density at radius 1 is 1.35 bits per heavy atom. The van der Waals surface area contributed by atoms with Crippen LogP contribution in [0, 0.1) is 0 Å². The topological polar surface area (TPSA) is 48.5 Å². The van der Waals surface area contributed by atoms with Crippen molar-refractivity contribution in [1.29, 1.82) is 0 Å². The molecule has 0 atom stereocenters. The van der Waals surface area contributed by atoms with Gasteiger partial charge in [-0.2, -0.15) is 0 Å². The molecule has 5 heteroatoms. The molecule has 0 radical (unpaired) electrons. The summed E-state index contributed by atoms with van der Waals surface area (Å²) in [6.07, 6.45) is 2.87. The summed E-state index contributed by atoms with van der Waals surface area (Å²) in [5, 5.41) is 3.39. The van der Waals surface area contributed by atoms with E-state index in [9.17, 15) is 4.79 Å². The van der Waals surface area contributed by atoms with Crippen molar-refractivity contribution in [2.24, 2.45) is 0 Å². The molecule has 0 bridgehead atoms. The predicted molar refractivity (Wildman–Crippen MR) is 81.2 cm³/mol. The van der Waals surface area contributed by atoms with E-state index in [2.05, 4.69) is 15.2 Å². The Kier molecular flexibility index (Phi) is 5.35. The second-order valence-corrected chi connectivity index (χ2v) is 4.97. The number of nitrogens with zero attached hydrogens (tertiary/aromatic N) is 3.